The Hall–Kier alpha value is -2.34. The number of hydrogen-bond acceptors (Lipinski definition) is 3. The van der Waals surface area contributed by atoms with Crippen LogP contribution in [0.3, 0.4) is 0 Å². The molecule has 0 fully saturated rings. The van der Waals surface area contributed by atoms with E-state index in [1.54, 1.807) is 4.90 Å². The zero-order chi connectivity index (χ0) is 18.7. The summed E-state index contributed by atoms with van der Waals surface area (Å²) in [4.78, 5) is 14.4. The van der Waals surface area contributed by atoms with Crippen LogP contribution in [0.2, 0.25) is 0 Å². The first-order valence-corrected chi connectivity index (χ1v) is 9.37. The molecule has 0 aliphatic heterocycles. The van der Waals surface area contributed by atoms with E-state index in [1.807, 2.05) is 51.2 Å². The standard InChI is InChI=1S/C20H22BrN3O2/c1-13-18(19(21)14(2)26-13)20(25)24(3)11-7-10-16-12-17(23-22-16)15-8-5-4-6-9-15/h4-6,8-9,12H,7,10-11H2,1-3H3,(H,22,23). The number of nitrogens with one attached hydrogen (secondary N) is 1. The molecule has 0 aliphatic carbocycles. The molecule has 0 saturated heterocycles. The molecular formula is C20H22BrN3O2. The average Bonchev–Trinajstić information content (AvgIpc) is 3.20. The van der Waals surface area contributed by atoms with Gasteiger partial charge in [0.2, 0.25) is 0 Å². The van der Waals surface area contributed by atoms with Gasteiger partial charge < -0.3 is 9.32 Å². The molecular weight excluding hydrogens is 394 g/mol. The van der Waals surface area contributed by atoms with Crippen LogP contribution in [0.4, 0.5) is 0 Å². The third-order valence-electron chi connectivity index (χ3n) is 4.39. The number of carbonyl (C=O) groups excluding carboxylic acids is 1. The highest BCUT2D eigenvalue weighted by Crippen LogP contribution is 2.28. The Kier molecular flexibility index (Phi) is 5.61. The number of aryl methyl sites for hydroxylation is 3. The highest BCUT2D eigenvalue weighted by atomic mass is 79.9. The molecule has 2 aromatic heterocycles. The SMILES string of the molecule is Cc1oc(C)c(C(=O)N(C)CCCc2cc(-c3ccccc3)n[nH]2)c1Br. The van der Waals surface area contributed by atoms with E-state index in [9.17, 15) is 4.79 Å². The van der Waals surface area contributed by atoms with Gasteiger partial charge in [-0.15, -0.1) is 0 Å². The fourth-order valence-electron chi connectivity index (χ4n) is 2.95. The first-order chi connectivity index (χ1) is 12.5. The minimum Gasteiger partial charge on any atom is -0.465 e. The molecule has 26 heavy (non-hydrogen) atoms. The van der Waals surface area contributed by atoms with E-state index < -0.39 is 0 Å². The lowest BCUT2D eigenvalue weighted by molar-refractivity contribution is 0.0791. The summed E-state index contributed by atoms with van der Waals surface area (Å²) in [5, 5.41) is 7.45. The number of benzene rings is 1. The average molecular weight is 416 g/mol. The summed E-state index contributed by atoms with van der Waals surface area (Å²) in [6.45, 7) is 4.32. The molecule has 1 amide bonds. The summed E-state index contributed by atoms with van der Waals surface area (Å²) in [7, 11) is 1.82. The largest absolute Gasteiger partial charge is 0.465 e. The van der Waals surface area contributed by atoms with E-state index >= 15 is 0 Å². The van der Waals surface area contributed by atoms with Crippen LogP contribution in [0.5, 0.6) is 0 Å². The van der Waals surface area contributed by atoms with Crippen LogP contribution >= 0.6 is 15.9 Å². The lowest BCUT2D eigenvalue weighted by Crippen LogP contribution is -2.28. The van der Waals surface area contributed by atoms with Crippen LogP contribution in [-0.4, -0.2) is 34.6 Å². The number of aromatic nitrogens is 2. The molecule has 3 aromatic rings. The minimum atomic E-state index is -0.0270. The first kappa shape index (κ1) is 18.5. The third kappa shape index (κ3) is 3.90. The Labute approximate surface area is 161 Å². The van der Waals surface area contributed by atoms with Crippen LogP contribution in [-0.2, 0) is 6.42 Å². The van der Waals surface area contributed by atoms with Crippen molar-refractivity contribution < 1.29 is 9.21 Å². The van der Waals surface area contributed by atoms with Gasteiger partial charge in [0, 0.05) is 24.8 Å². The van der Waals surface area contributed by atoms with E-state index in [4.69, 9.17) is 4.42 Å². The molecule has 1 aromatic carbocycles. The van der Waals surface area contributed by atoms with E-state index in [-0.39, 0.29) is 5.91 Å². The predicted molar refractivity (Wildman–Crippen MR) is 105 cm³/mol. The van der Waals surface area contributed by atoms with Crippen molar-refractivity contribution in [1.82, 2.24) is 15.1 Å². The number of furan rings is 1. The van der Waals surface area contributed by atoms with Crippen LogP contribution in [0.1, 0.15) is 34.0 Å². The van der Waals surface area contributed by atoms with Gasteiger partial charge in [-0.3, -0.25) is 9.89 Å². The molecule has 0 unspecified atom stereocenters. The molecule has 0 spiro atoms. The third-order valence-corrected chi connectivity index (χ3v) is 5.34. The van der Waals surface area contributed by atoms with Crippen molar-refractivity contribution in [2.24, 2.45) is 0 Å². The lowest BCUT2D eigenvalue weighted by Gasteiger charge is -2.16. The number of rotatable bonds is 6. The summed E-state index contributed by atoms with van der Waals surface area (Å²) in [6, 6.07) is 12.1. The van der Waals surface area contributed by atoms with Crippen molar-refractivity contribution in [3.05, 3.63) is 63.6 Å². The van der Waals surface area contributed by atoms with Crippen LogP contribution in [0, 0.1) is 13.8 Å². The molecule has 5 nitrogen and oxygen atoms in total. The highest BCUT2D eigenvalue weighted by Gasteiger charge is 2.22. The molecule has 3 rings (SSSR count). The fourth-order valence-corrected chi connectivity index (χ4v) is 3.48. The molecule has 0 radical (unpaired) electrons. The van der Waals surface area contributed by atoms with E-state index in [1.165, 1.54) is 0 Å². The van der Waals surface area contributed by atoms with Crippen molar-refractivity contribution in [3.63, 3.8) is 0 Å². The smallest absolute Gasteiger partial charge is 0.258 e. The number of nitrogens with zero attached hydrogens (tertiary/aromatic N) is 2. The Morgan fingerprint density at radius 3 is 2.62 bits per heavy atom. The topological polar surface area (TPSA) is 62.1 Å². The quantitative estimate of drug-likeness (QED) is 0.631. The summed E-state index contributed by atoms with van der Waals surface area (Å²) < 4.78 is 6.27. The molecule has 2 heterocycles. The van der Waals surface area contributed by atoms with Crippen molar-refractivity contribution in [3.8, 4) is 11.3 Å². The van der Waals surface area contributed by atoms with Crippen molar-refractivity contribution in [1.29, 1.82) is 0 Å². The van der Waals surface area contributed by atoms with Crippen LogP contribution in [0.25, 0.3) is 11.3 Å². The Balaban J connectivity index is 1.56. The maximum absolute atomic E-state index is 12.6. The number of aromatic amines is 1. The zero-order valence-corrected chi connectivity index (χ0v) is 16.8. The van der Waals surface area contributed by atoms with Crippen LogP contribution in [0.15, 0.2) is 45.3 Å². The molecule has 6 heteroatoms. The number of hydrogen-bond donors (Lipinski definition) is 1. The van der Waals surface area contributed by atoms with Crippen molar-refractivity contribution in [2.75, 3.05) is 13.6 Å². The molecule has 0 aliphatic rings. The summed E-state index contributed by atoms with van der Waals surface area (Å²) in [6.07, 6.45) is 1.69. The van der Waals surface area contributed by atoms with Gasteiger partial charge >= 0.3 is 0 Å². The van der Waals surface area contributed by atoms with Gasteiger partial charge in [-0.1, -0.05) is 30.3 Å². The Morgan fingerprint density at radius 2 is 1.96 bits per heavy atom. The predicted octanol–water partition coefficient (Wildman–Crippen LogP) is 4.75. The minimum absolute atomic E-state index is 0.0270. The first-order valence-electron chi connectivity index (χ1n) is 8.58. The highest BCUT2D eigenvalue weighted by molar-refractivity contribution is 9.10. The monoisotopic (exact) mass is 415 g/mol. The summed E-state index contributed by atoms with van der Waals surface area (Å²) in [5.74, 6) is 1.35. The molecule has 0 atom stereocenters. The number of amides is 1. The van der Waals surface area contributed by atoms with Gasteiger partial charge in [0.15, 0.2) is 0 Å². The van der Waals surface area contributed by atoms with Crippen molar-refractivity contribution >= 4 is 21.8 Å². The second-order valence-corrected chi connectivity index (χ2v) is 7.17. The summed E-state index contributed by atoms with van der Waals surface area (Å²) >= 11 is 3.45. The Bertz CT molecular complexity index is 899. The van der Waals surface area contributed by atoms with Crippen molar-refractivity contribution in [2.45, 2.75) is 26.7 Å². The maximum atomic E-state index is 12.6. The number of carbonyl (C=O) groups is 1. The van der Waals surface area contributed by atoms with E-state index in [0.29, 0.717) is 17.9 Å². The zero-order valence-electron chi connectivity index (χ0n) is 15.2. The molecule has 0 saturated carbocycles. The van der Waals surface area contributed by atoms with Gasteiger partial charge in [-0.05, 0) is 48.7 Å². The molecule has 1 N–H and O–H groups in total. The lowest BCUT2D eigenvalue weighted by atomic mass is 10.1. The van der Waals surface area contributed by atoms with E-state index in [2.05, 4.69) is 32.2 Å². The van der Waals surface area contributed by atoms with Gasteiger partial charge in [0.25, 0.3) is 5.91 Å². The molecule has 136 valence electrons. The molecule has 0 bridgehead atoms. The summed E-state index contributed by atoms with van der Waals surface area (Å²) in [5.41, 5.74) is 3.72. The Morgan fingerprint density at radius 1 is 1.23 bits per heavy atom. The van der Waals surface area contributed by atoms with Gasteiger partial charge in [0.1, 0.15) is 11.5 Å². The van der Waals surface area contributed by atoms with Gasteiger partial charge in [0.05, 0.1) is 15.7 Å². The second kappa shape index (κ2) is 7.91. The van der Waals surface area contributed by atoms with E-state index in [0.717, 1.165) is 40.0 Å². The number of halogens is 1. The van der Waals surface area contributed by atoms with Gasteiger partial charge in [-0.25, -0.2) is 0 Å². The maximum Gasteiger partial charge on any atom is 0.258 e. The number of H-pyrrole nitrogens is 1. The normalized spacial score (nSPS) is 10.9. The fraction of sp³-hybridized carbons (Fsp3) is 0.300. The second-order valence-electron chi connectivity index (χ2n) is 6.38. The van der Waals surface area contributed by atoms with Gasteiger partial charge in [-0.2, -0.15) is 5.10 Å². The van der Waals surface area contributed by atoms with Crippen LogP contribution < -0.4 is 0 Å².